The van der Waals surface area contributed by atoms with Crippen molar-refractivity contribution in [2.45, 2.75) is 104 Å². The minimum atomic E-state index is -4.42. The van der Waals surface area contributed by atoms with Crippen molar-refractivity contribution in [2.75, 3.05) is 10.5 Å². The van der Waals surface area contributed by atoms with E-state index >= 15 is 0 Å². The number of para-hydroxylation sites is 1. The fourth-order valence-electron chi connectivity index (χ4n) is 7.75. The van der Waals surface area contributed by atoms with Crippen LogP contribution in [0.2, 0.25) is 0 Å². The molecule has 49 heavy (non-hydrogen) atoms. The molecule has 2 fully saturated rings. The van der Waals surface area contributed by atoms with Crippen LogP contribution < -0.4 is 20.7 Å². The fraction of sp³-hybridized carbons (Fsp3) is 0.583. The van der Waals surface area contributed by atoms with E-state index in [4.69, 9.17) is 22.1 Å². The number of fused-ring (bicyclic) bond motifs is 1. The second-order valence-corrected chi connectivity index (χ2v) is 18.2. The van der Waals surface area contributed by atoms with E-state index in [1.165, 1.54) is 16.5 Å². The third-order valence-electron chi connectivity index (χ3n) is 10.3. The first kappa shape index (κ1) is 36.8. The highest BCUT2D eigenvalue weighted by Crippen LogP contribution is 2.50. The van der Waals surface area contributed by atoms with Gasteiger partial charge in [-0.2, -0.15) is 8.42 Å². The topological polar surface area (TPSA) is 165 Å². The Morgan fingerprint density at radius 1 is 0.959 bits per heavy atom. The summed E-state index contributed by atoms with van der Waals surface area (Å²) in [6.45, 7) is 15.3. The second-order valence-electron chi connectivity index (χ2n) is 16.1. The molecule has 1 aromatic carbocycles. The molecule has 2 saturated carbocycles. The number of anilines is 2. The first-order chi connectivity index (χ1) is 22.8. The summed E-state index contributed by atoms with van der Waals surface area (Å²) in [5.41, 5.74) is 5.68. The van der Waals surface area contributed by atoms with Gasteiger partial charge in [0, 0.05) is 23.4 Å². The summed E-state index contributed by atoms with van der Waals surface area (Å²) in [6, 6.07) is 7.99. The Bertz CT molecular complexity index is 1840. The number of carbonyl (C=O) groups is 2. The first-order valence-corrected chi connectivity index (χ1v) is 19.0. The van der Waals surface area contributed by atoms with Gasteiger partial charge >= 0.3 is 16.2 Å². The molecular formula is C36H50ClN5O6S. The normalized spacial score (nSPS) is 25.1. The number of hydrogen-bond donors (Lipinski definition) is 4. The SMILES string of the molecule is CC1CC(C(C)(C)C)C(OC(=O)c2c(C3CCC(Cl)CC3)cn3c(=O)c(C(=O)NS(=O)(=O)Nc4ccccc4)c(N)[nH]c23)C(C(C)(C)C)C1. The number of aromatic amines is 1. The lowest BCUT2D eigenvalue weighted by atomic mass is 9.59. The molecule has 0 aliphatic heterocycles. The number of alkyl halides is 1. The molecule has 5 rings (SSSR count). The molecule has 0 radical (unpaired) electrons. The zero-order valence-electron chi connectivity index (χ0n) is 29.4. The number of halogens is 1. The van der Waals surface area contributed by atoms with Crippen molar-refractivity contribution >= 4 is 50.8 Å². The maximum absolute atomic E-state index is 14.6. The number of aromatic nitrogens is 2. The molecule has 2 atom stereocenters. The van der Waals surface area contributed by atoms with Gasteiger partial charge in [-0.05, 0) is 78.9 Å². The smallest absolute Gasteiger partial charge is 0.342 e. The van der Waals surface area contributed by atoms with Gasteiger partial charge in [0.15, 0.2) is 0 Å². The Morgan fingerprint density at radius 3 is 2.08 bits per heavy atom. The second kappa shape index (κ2) is 13.7. The number of nitrogens with one attached hydrogen (secondary N) is 3. The maximum Gasteiger partial charge on any atom is 0.342 e. The van der Waals surface area contributed by atoms with Gasteiger partial charge in [-0.25, -0.2) is 9.52 Å². The van der Waals surface area contributed by atoms with Gasteiger partial charge < -0.3 is 15.5 Å². The number of carbonyl (C=O) groups excluding carboxylic acids is 2. The molecule has 11 nitrogen and oxygen atoms in total. The lowest BCUT2D eigenvalue weighted by Gasteiger charge is -2.50. The fourth-order valence-corrected chi connectivity index (χ4v) is 8.85. The summed E-state index contributed by atoms with van der Waals surface area (Å²) < 4.78 is 37.5. The molecule has 5 N–H and O–H groups in total. The number of nitrogens with zero attached hydrogens (tertiary/aromatic N) is 1. The van der Waals surface area contributed by atoms with Crippen molar-refractivity contribution < 1.29 is 22.7 Å². The number of esters is 1. The summed E-state index contributed by atoms with van der Waals surface area (Å²) >= 11 is 6.45. The van der Waals surface area contributed by atoms with E-state index in [9.17, 15) is 22.8 Å². The predicted octanol–water partition coefficient (Wildman–Crippen LogP) is 6.84. The Kier molecular flexibility index (Phi) is 10.2. The van der Waals surface area contributed by atoms with Gasteiger partial charge in [-0.3, -0.25) is 18.7 Å². The van der Waals surface area contributed by atoms with Crippen molar-refractivity contribution in [1.29, 1.82) is 0 Å². The average molecular weight is 716 g/mol. The lowest BCUT2D eigenvalue weighted by Crippen LogP contribution is -2.49. The quantitative estimate of drug-likeness (QED) is 0.154. The molecule has 2 aliphatic rings. The number of nitrogen functional groups attached to an aromatic ring is 1. The van der Waals surface area contributed by atoms with Crippen molar-refractivity contribution in [2.24, 2.45) is 28.6 Å². The predicted molar refractivity (Wildman–Crippen MR) is 193 cm³/mol. The first-order valence-electron chi connectivity index (χ1n) is 17.1. The van der Waals surface area contributed by atoms with Crippen molar-refractivity contribution in [3.8, 4) is 0 Å². The van der Waals surface area contributed by atoms with E-state index in [-0.39, 0.29) is 62.8 Å². The summed E-state index contributed by atoms with van der Waals surface area (Å²) in [5, 5.41) is 0.0204. The Balaban J connectivity index is 1.58. The number of H-pyrrole nitrogens is 1. The molecular weight excluding hydrogens is 666 g/mol. The zero-order valence-corrected chi connectivity index (χ0v) is 31.0. The Morgan fingerprint density at radius 2 is 1.53 bits per heavy atom. The monoisotopic (exact) mass is 715 g/mol. The molecule has 3 aromatic rings. The summed E-state index contributed by atoms with van der Waals surface area (Å²) in [7, 11) is -4.42. The molecule has 2 aromatic heterocycles. The summed E-state index contributed by atoms with van der Waals surface area (Å²) in [4.78, 5) is 44.7. The number of amides is 1. The zero-order chi connectivity index (χ0) is 36.1. The van der Waals surface area contributed by atoms with E-state index < -0.39 is 33.2 Å². The minimum absolute atomic E-state index is 0.0204. The van der Waals surface area contributed by atoms with Gasteiger partial charge in [-0.1, -0.05) is 66.7 Å². The van der Waals surface area contributed by atoms with Crippen LogP contribution in [0.15, 0.2) is 41.3 Å². The molecule has 268 valence electrons. The number of hydrogen-bond acceptors (Lipinski definition) is 7. The van der Waals surface area contributed by atoms with Crippen LogP contribution in [-0.2, 0) is 14.9 Å². The van der Waals surface area contributed by atoms with Crippen LogP contribution in [0.1, 0.15) is 119 Å². The van der Waals surface area contributed by atoms with Crippen molar-refractivity contribution in [3.05, 3.63) is 63.6 Å². The molecule has 2 heterocycles. The standard InChI is InChI=1S/C36H50ClN5O6S/c1-20-17-25(35(2,3)4)29(26(18-20)36(5,6)7)48-34(45)27-24(21-13-15-22(37)16-14-21)19-42-31(27)39-30(38)28(33(42)44)32(43)41-49(46,47)40-23-11-9-8-10-12-23/h8-12,19-22,25-26,29,39-40H,13-18,38H2,1-7H3,(H,41,43). The number of benzene rings is 1. The molecule has 1 amide bonds. The average Bonchev–Trinajstić information content (AvgIpc) is 3.36. The summed E-state index contributed by atoms with van der Waals surface area (Å²) in [5.74, 6) is -1.59. The Labute approximate surface area is 293 Å². The maximum atomic E-state index is 14.6. The molecule has 2 aliphatic carbocycles. The van der Waals surface area contributed by atoms with Gasteiger partial charge in [-0.15, -0.1) is 11.6 Å². The lowest BCUT2D eigenvalue weighted by molar-refractivity contribution is -0.0923. The van der Waals surface area contributed by atoms with Crippen LogP contribution in [0.4, 0.5) is 11.5 Å². The molecule has 0 saturated heterocycles. The summed E-state index contributed by atoms with van der Waals surface area (Å²) in [6.07, 6.45) is 5.89. The van der Waals surface area contributed by atoms with Crippen LogP contribution in [0.5, 0.6) is 0 Å². The van der Waals surface area contributed by atoms with E-state index in [2.05, 4.69) is 58.2 Å². The minimum Gasteiger partial charge on any atom is -0.458 e. The largest absolute Gasteiger partial charge is 0.458 e. The van der Waals surface area contributed by atoms with Crippen molar-refractivity contribution in [3.63, 3.8) is 0 Å². The number of ether oxygens (including phenoxy) is 1. The Hall–Kier alpha value is -3.51. The van der Waals surface area contributed by atoms with Gasteiger partial charge in [0.25, 0.3) is 11.5 Å². The highest BCUT2D eigenvalue weighted by atomic mass is 35.5. The van der Waals surface area contributed by atoms with Crippen LogP contribution >= 0.6 is 11.6 Å². The van der Waals surface area contributed by atoms with E-state index in [1.54, 1.807) is 24.4 Å². The van der Waals surface area contributed by atoms with Gasteiger partial charge in [0.1, 0.15) is 28.7 Å². The number of nitrogens with two attached hydrogens (primary N) is 1. The molecule has 0 spiro atoms. The molecule has 13 heteroatoms. The third-order valence-corrected chi connectivity index (χ3v) is 11.7. The highest BCUT2D eigenvalue weighted by molar-refractivity contribution is 7.91. The van der Waals surface area contributed by atoms with Crippen LogP contribution in [0, 0.1) is 28.6 Å². The number of rotatable bonds is 7. The van der Waals surface area contributed by atoms with E-state index in [0.717, 1.165) is 25.7 Å². The van der Waals surface area contributed by atoms with Gasteiger partial charge in [0.05, 0.1) is 5.69 Å². The van der Waals surface area contributed by atoms with Crippen LogP contribution in [-0.4, -0.2) is 41.2 Å². The van der Waals surface area contributed by atoms with E-state index in [0.29, 0.717) is 24.3 Å². The van der Waals surface area contributed by atoms with Crippen molar-refractivity contribution in [1.82, 2.24) is 14.1 Å². The van der Waals surface area contributed by atoms with Crippen LogP contribution in [0.3, 0.4) is 0 Å². The highest BCUT2D eigenvalue weighted by Gasteiger charge is 2.48. The third kappa shape index (κ3) is 7.95. The van der Waals surface area contributed by atoms with Crippen LogP contribution in [0.25, 0.3) is 5.65 Å². The molecule has 0 bridgehead atoms. The van der Waals surface area contributed by atoms with E-state index in [1.807, 2.05) is 4.72 Å². The molecule has 2 unspecified atom stereocenters. The van der Waals surface area contributed by atoms with Gasteiger partial charge in [0.2, 0.25) is 0 Å².